The van der Waals surface area contributed by atoms with E-state index in [9.17, 15) is 19.6 Å². The number of amides is 2. The lowest BCUT2D eigenvalue weighted by Crippen LogP contribution is -2.27. The van der Waals surface area contributed by atoms with Crippen molar-refractivity contribution in [1.82, 2.24) is 4.90 Å². The average Bonchev–Trinajstić information content (AvgIpc) is 3.00. The van der Waals surface area contributed by atoms with Crippen molar-refractivity contribution < 1.29 is 23.9 Å². The molecule has 1 saturated heterocycles. The smallest absolute Gasteiger partial charge is 0.343 e. The second kappa shape index (κ2) is 10.1. The van der Waals surface area contributed by atoms with E-state index >= 15 is 0 Å². The lowest BCUT2D eigenvalue weighted by molar-refractivity contribution is -0.143. The highest BCUT2D eigenvalue weighted by Crippen LogP contribution is 2.38. The number of halogens is 2. The van der Waals surface area contributed by atoms with Crippen molar-refractivity contribution >= 4 is 66.8 Å². The molecule has 0 aliphatic carbocycles. The minimum absolute atomic E-state index is 0.0272. The summed E-state index contributed by atoms with van der Waals surface area (Å²) in [7, 11) is 1.27. The molecule has 10 heteroatoms. The molecule has 1 fully saturated rings. The van der Waals surface area contributed by atoms with E-state index in [0.717, 1.165) is 16.7 Å². The first-order valence-electron chi connectivity index (χ1n) is 8.76. The number of ether oxygens (including phenoxy) is 2. The number of rotatable bonds is 6. The van der Waals surface area contributed by atoms with Crippen LogP contribution in [0, 0.1) is 11.3 Å². The Morgan fingerprint density at radius 1 is 1.23 bits per heavy atom. The number of methoxy groups -OCH3 is 1. The molecule has 3 rings (SSSR count). The maximum Gasteiger partial charge on any atom is 0.343 e. The van der Waals surface area contributed by atoms with E-state index in [0.29, 0.717) is 31.4 Å². The second-order valence-corrected chi connectivity index (χ2v) is 8.92. The van der Waals surface area contributed by atoms with Crippen molar-refractivity contribution in [2.24, 2.45) is 0 Å². The molecule has 7 nitrogen and oxygen atoms in total. The zero-order valence-electron chi connectivity index (χ0n) is 16.1. The quantitative estimate of drug-likeness (QED) is 0.364. The molecule has 0 spiro atoms. The Bertz CT molecular complexity index is 1120. The van der Waals surface area contributed by atoms with E-state index in [-0.39, 0.29) is 18.1 Å². The van der Waals surface area contributed by atoms with Gasteiger partial charge < -0.3 is 9.47 Å². The maximum atomic E-state index is 12.8. The number of benzene rings is 2. The van der Waals surface area contributed by atoms with Crippen LogP contribution in [-0.2, 0) is 20.9 Å². The van der Waals surface area contributed by atoms with Crippen molar-refractivity contribution in [3.05, 3.63) is 66.9 Å². The van der Waals surface area contributed by atoms with Crippen LogP contribution >= 0.6 is 43.6 Å². The molecule has 0 unspecified atom stereocenters. The SMILES string of the molecule is COC(=O)COc1c(Br)cc(/C=C2/SC(=O)N(Cc3ccccc3C#N)C2=O)cc1Br. The van der Waals surface area contributed by atoms with E-state index in [1.54, 1.807) is 42.5 Å². The Morgan fingerprint density at radius 3 is 2.55 bits per heavy atom. The van der Waals surface area contributed by atoms with E-state index in [1.807, 2.05) is 0 Å². The predicted octanol–water partition coefficient (Wildman–Crippen LogP) is 4.87. The highest BCUT2D eigenvalue weighted by molar-refractivity contribution is 9.11. The first kappa shape index (κ1) is 23.1. The summed E-state index contributed by atoms with van der Waals surface area (Å²) in [5.74, 6) is -0.542. The topological polar surface area (TPSA) is 96.7 Å². The summed E-state index contributed by atoms with van der Waals surface area (Å²) >= 11 is 7.60. The second-order valence-electron chi connectivity index (χ2n) is 6.22. The van der Waals surface area contributed by atoms with Gasteiger partial charge in [-0.2, -0.15) is 5.26 Å². The fourth-order valence-electron chi connectivity index (χ4n) is 2.72. The molecule has 1 heterocycles. The van der Waals surface area contributed by atoms with Gasteiger partial charge in [-0.3, -0.25) is 14.5 Å². The summed E-state index contributed by atoms with van der Waals surface area (Å²) in [6, 6.07) is 12.3. The van der Waals surface area contributed by atoms with Crippen LogP contribution in [0.2, 0.25) is 0 Å². The lowest BCUT2D eigenvalue weighted by Gasteiger charge is -2.13. The number of thioether (sulfide) groups is 1. The van der Waals surface area contributed by atoms with Crippen LogP contribution in [0.1, 0.15) is 16.7 Å². The van der Waals surface area contributed by atoms with Crippen molar-refractivity contribution in [3.8, 4) is 11.8 Å². The van der Waals surface area contributed by atoms with Crippen molar-refractivity contribution in [3.63, 3.8) is 0 Å². The van der Waals surface area contributed by atoms with Crippen LogP contribution in [0.15, 0.2) is 50.2 Å². The Labute approximate surface area is 199 Å². The van der Waals surface area contributed by atoms with Crippen molar-refractivity contribution in [1.29, 1.82) is 5.26 Å². The van der Waals surface area contributed by atoms with Crippen LogP contribution in [0.3, 0.4) is 0 Å². The number of nitrogens with zero attached hydrogens (tertiary/aromatic N) is 2. The van der Waals surface area contributed by atoms with Crippen molar-refractivity contribution in [2.45, 2.75) is 6.54 Å². The standard InChI is InChI=1S/C21H14Br2N2O5S/c1-29-18(26)11-30-19-15(22)6-12(7-16(19)23)8-17-20(27)25(21(28)31-17)10-14-5-3-2-4-13(14)9-24/h2-8H,10-11H2,1H3/b17-8+. The maximum absolute atomic E-state index is 12.8. The number of imide groups is 1. The molecule has 2 amide bonds. The van der Waals surface area contributed by atoms with Gasteiger partial charge in [0.2, 0.25) is 0 Å². The summed E-state index contributed by atoms with van der Waals surface area (Å²) in [4.78, 5) is 37.9. The van der Waals surface area contributed by atoms with Gasteiger partial charge >= 0.3 is 5.97 Å². The van der Waals surface area contributed by atoms with Crippen LogP contribution in [0.4, 0.5) is 4.79 Å². The van der Waals surface area contributed by atoms with Gasteiger partial charge in [0.15, 0.2) is 6.61 Å². The van der Waals surface area contributed by atoms with E-state index in [4.69, 9.17) is 4.74 Å². The van der Waals surface area contributed by atoms with Crippen LogP contribution in [0.5, 0.6) is 5.75 Å². The van der Waals surface area contributed by atoms with E-state index in [2.05, 4.69) is 42.7 Å². The molecular weight excluding hydrogens is 552 g/mol. The molecule has 0 atom stereocenters. The summed E-state index contributed by atoms with van der Waals surface area (Å²) in [6.07, 6.45) is 1.60. The highest BCUT2D eigenvalue weighted by atomic mass is 79.9. The third-order valence-corrected chi connectivity index (χ3v) is 6.31. The number of nitriles is 1. The first-order valence-corrected chi connectivity index (χ1v) is 11.2. The lowest BCUT2D eigenvalue weighted by atomic mass is 10.1. The summed E-state index contributed by atoms with van der Waals surface area (Å²) in [5.41, 5.74) is 1.67. The Morgan fingerprint density at radius 2 is 1.90 bits per heavy atom. The molecule has 2 aromatic rings. The monoisotopic (exact) mass is 564 g/mol. The largest absolute Gasteiger partial charge is 0.480 e. The molecule has 0 N–H and O–H groups in total. The van der Waals surface area contributed by atoms with E-state index < -0.39 is 17.1 Å². The van der Waals surface area contributed by atoms with Crippen LogP contribution in [-0.4, -0.2) is 35.7 Å². The van der Waals surface area contributed by atoms with Crippen LogP contribution in [0.25, 0.3) is 6.08 Å². The van der Waals surface area contributed by atoms with Gasteiger partial charge in [-0.1, -0.05) is 18.2 Å². The van der Waals surface area contributed by atoms with Crippen molar-refractivity contribution in [2.75, 3.05) is 13.7 Å². The Kier molecular flexibility index (Phi) is 7.54. The minimum Gasteiger partial charge on any atom is -0.480 e. The number of carbonyl (C=O) groups excluding carboxylic acids is 3. The molecule has 1 aliphatic heterocycles. The molecule has 2 aromatic carbocycles. The molecule has 158 valence electrons. The van der Waals surface area contributed by atoms with Gasteiger partial charge in [0.05, 0.1) is 39.1 Å². The average molecular weight is 566 g/mol. The summed E-state index contributed by atoms with van der Waals surface area (Å²) in [6.45, 7) is -0.227. The minimum atomic E-state index is -0.519. The summed E-state index contributed by atoms with van der Waals surface area (Å²) in [5, 5.41) is 8.83. The predicted molar refractivity (Wildman–Crippen MR) is 122 cm³/mol. The van der Waals surface area contributed by atoms with Gasteiger partial charge in [0, 0.05) is 0 Å². The third-order valence-electron chi connectivity index (χ3n) is 4.22. The molecule has 0 radical (unpaired) electrons. The number of esters is 1. The fourth-order valence-corrected chi connectivity index (χ4v) is 5.01. The summed E-state index contributed by atoms with van der Waals surface area (Å²) < 4.78 is 11.1. The zero-order chi connectivity index (χ0) is 22.5. The zero-order valence-corrected chi connectivity index (χ0v) is 20.0. The molecule has 0 bridgehead atoms. The molecule has 0 saturated carbocycles. The Hall–Kier alpha value is -2.61. The van der Waals surface area contributed by atoms with Crippen LogP contribution < -0.4 is 4.74 Å². The number of carbonyl (C=O) groups is 3. The van der Waals surface area contributed by atoms with Gasteiger partial charge in [0.1, 0.15) is 5.75 Å². The molecule has 0 aromatic heterocycles. The van der Waals surface area contributed by atoms with Gasteiger partial charge in [0.25, 0.3) is 11.1 Å². The number of hydrogen-bond donors (Lipinski definition) is 0. The van der Waals surface area contributed by atoms with Gasteiger partial charge in [-0.25, -0.2) is 4.79 Å². The first-order chi connectivity index (χ1) is 14.8. The fraction of sp³-hybridized carbons (Fsp3) is 0.143. The number of hydrogen-bond acceptors (Lipinski definition) is 7. The Balaban J connectivity index is 1.81. The van der Waals surface area contributed by atoms with Gasteiger partial charge in [-0.15, -0.1) is 0 Å². The highest BCUT2D eigenvalue weighted by Gasteiger charge is 2.35. The third kappa shape index (κ3) is 5.36. The molecule has 31 heavy (non-hydrogen) atoms. The van der Waals surface area contributed by atoms with Gasteiger partial charge in [-0.05, 0) is 79.0 Å². The molecular formula is C21H14Br2N2O5S. The van der Waals surface area contributed by atoms with E-state index in [1.165, 1.54) is 7.11 Å². The molecule has 1 aliphatic rings. The normalized spacial score (nSPS) is 14.6.